The van der Waals surface area contributed by atoms with Gasteiger partial charge in [0.2, 0.25) is 0 Å². The van der Waals surface area contributed by atoms with Gasteiger partial charge >= 0.3 is 0 Å². The van der Waals surface area contributed by atoms with Crippen LogP contribution < -0.4 is 0 Å². The first-order valence-electron chi connectivity index (χ1n) is 4.27. The van der Waals surface area contributed by atoms with Gasteiger partial charge in [0, 0.05) is 18.6 Å². The second-order valence-electron chi connectivity index (χ2n) is 3.28. The molecule has 0 radical (unpaired) electrons. The third kappa shape index (κ3) is 2.97. The number of aryl methyl sites for hydroxylation is 2. The molecule has 0 saturated carbocycles. The summed E-state index contributed by atoms with van der Waals surface area (Å²) in [6, 6.07) is 2.08. The maximum absolute atomic E-state index is 4.32. The number of hydrogen-bond acceptors (Lipinski definition) is 1. The van der Waals surface area contributed by atoms with E-state index in [1.54, 1.807) is 0 Å². The third-order valence-electron chi connectivity index (χ3n) is 1.93. The maximum atomic E-state index is 4.32. The Labute approximate surface area is 82.1 Å². The maximum Gasteiger partial charge on any atom is 0.0624 e. The molecule has 2 nitrogen and oxygen atoms in total. The highest BCUT2D eigenvalue weighted by molar-refractivity contribution is 9.09. The number of alkyl halides is 1. The second-order valence-corrected chi connectivity index (χ2v) is 3.93. The fourth-order valence-corrected chi connectivity index (χ4v) is 1.39. The zero-order valence-corrected chi connectivity index (χ0v) is 9.21. The molecule has 0 N–H and O–H groups in total. The Morgan fingerprint density at radius 2 is 2.42 bits per heavy atom. The Morgan fingerprint density at radius 3 is 2.92 bits per heavy atom. The third-order valence-corrected chi connectivity index (χ3v) is 3.03. The van der Waals surface area contributed by atoms with Crippen LogP contribution in [0.25, 0.3) is 0 Å². The summed E-state index contributed by atoms with van der Waals surface area (Å²) < 4.78 is 1.86. The van der Waals surface area contributed by atoms with Crippen LogP contribution in [0.5, 0.6) is 0 Å². The van der Waals surface area contributed by atoms with Crippen LogP contribution in [-0.2, 0) is 13.5 Å². The Morgan fingerprint density at radius 1 is 1.67 bits per heavy atom. The lowest BCUT2D eigenvalue weighted by Crippen LogP contribution is -1.99. The van der Waals surface area contributed by atoms with Crippen LogP contribution >= 0.6 is 15.9 Å². The Balaban J connectivity index is 2.33. The summed E-state index contributed by atoms with van der Waals surface area (Å²) in [6.45, 7) is 2.25. The Bertz CT molecular complexity index is 232. The summed E-state index contributed by atoms with van der Waals surface area (Å²) in [5.74, 6) is 0.743. The molecule has 0 aliphatic carbocycles. The molecular formula is C9H15BrN2. The van der Waals surface area contributed by atoms with E-state index in [2.05, 4.69) is 34.0 Å². The molecule has 0 saturated heterocycles. The molecule has 68 valence electrons. The second kappa shape index (κ2) is 4.65. The zero-order chi connectivity index (χ0) is 8.97. The fraction of sp³-hybridized carbons (Fsp3) is 0.667. The Kier molecular flexibility index (Phi) is 3.79. The van der Waals surface area contributed by atoms with Gasteiger partial charge < -0.3 is 0 Å². The molecule has 0 aromatic carbocycles. The first kappa shape index (κ1) is 9.78. The van der Waals surface area contributed by atoms with Crippen LogP contribution in [-0.4, -0.2) is 15.1 Å². The summed E-state index contributed by atoms with van der Waals surface area (Å²) in [7, 11) is 1.96. The van der Waals surface area contributed by atoms with E-state index in [1.165, 1.54) is 12.1 Å². The molecule has 0 spiro atoms. The summed E-state index contributed by atoms with van der Waals surface area (Å²) >= 11 is 3.47. The minimum Gasteiger partial charge on any atom is -0.276 e. The van der Waals surface area contributed by atoms with Gasteiger partial charge in [0.25, 0.3) is 0 Å². The van der Waals surface area contributed by atoms with Crippen molar-refractivity contribution in [3.63, 3.8) is 0 Å². The van der Waals surface area contributed by atoms with Gasteiger partial charge in [-0.15, -0.1) is 0 Å². The number of rotatable bonds is 4. The van der Waals surface area contributed by atoms with Crippen molar-refractivity contribution in [3.8, 4) is 0 Å². The average Bonchev–Trinajstić information content (AvgIpc) is 2.47. The highest BCUT2D eigenvalue weighted by Crippen LogP contribution is 2.09. The quantitative estimate of drug-likeness (QED) is 0.727. The van der Waals surface area contributed by atoms with E-state index in [0.29, 0.717) is 0 Å². The van der Waals surface area contributed by atoms with Gasteiger partial charge in [-0.2, -0.15) is 5.10 Å². The molecular weight excluding hydrogens is 216 g/mol. The molecule has 1 aromatic heterocycles. The standard InChI is InChI=1S/C9H15BrN2/c1-8(7-10)3-4-9-5-6-12(2)11-9/h5-6,8H,3-4,7H2,1-2H3. The molecule has 0 fully saturated rings. The average molecular weight is 231 g/mol. The number of hydrogen-bond donors (Lipinski definition) is 0. The smallest absolute Gasteiger partial charge is 0.0624 e. The minimum atomic E-state index is 0.743. The number of aromatic nitrogens is 2. The first-order chi connectivity index (χ1) is 5.72. The van der Waals surface area contributed by atoms with Gasteiger partial charge in [-0.1, -0.05) is 22.9 Å². The normalized spacial score (nSPS) is 13.2. The van der Waals surface area contributed by atoms with Crippen LogP contribution in [0, 0.1) is 5.92 Å². The Hall–Kier alpha value is -0.310. The van der Waals surface area contributed by atoms with Crippen molar-refractivity contribution in [2.45, 2.75) is 19.8 Å². The first-order valence-corrected chi connectivity index (χ1v) is 5.39. The van der Waals surface area contributed by atoms with Gasteiger partial charge in [-0.05, 0) is 24.8 Å². The van der Waals surface area contributed by atoms with E-state index < -0.39 is 0 Å². The lowest BCUT2D eigenvalue weighted by Gasteiger charge is -2.04. The molecule has 1 aromatic rings. The van der Waals surface area contributed by atoms with Crippen molar-refractivity contribution >= 4 is 15.9 Å². The molecule has 0 amide bonds. The van der Waals surface area contributed by atoms with Crippen LogP contribution in [0.3, 0.4) is 0 Å². The largest absolute Gasteiger partial charge is 0.276 e. The van der Waals surface area contributed by atoms with E-state index in [9.17, 15) is 0 Å². The predicted molar refractivity (Wildman–Crippen MR) is 54.5 cm³/mol. The molecule has 1 atom stereocenters. The summed E-state index contributed by atoms with van der Waals surface area (Å²) in [5.41, 5.74) is 1.20. The summed E-state index contributed by atoms with van der Waals surface area (Å²) in [6.07, 6.45) is 4.30. The van der Waals surface area contributed by atoms with Gasteiger partial charge in [0.05, 0.1) is 5.69 Å². The lowest BCUT2D eigenvalue weighted by molar-refractivity contribution is 0.588. The van der Waals surface area contributed by atoms with Crippen LogP contribution in [0.15, 0.2) is 12.3 Å². The molecule has 3 heteroatoms. The van der Waals surface area contributed by atoms with E-state index in [0.717, 1.165) is 17.7 Å². The van der Waals surface area contributed by atoms with E-state index in [1.807, 2.05) is 17.9 Å². The molecule has 1 heterocycles. The van der Waals surface area contributed by atoms with Crippen LogP contribution in [0.2, 0.25) is 0 Å². The topological polar surface area (TPSA) is 17.8 Å². The molecule has 1 unspecified atom stereocenters. The fourth-order valence-electron chi connectivity index (χ4n) is 1.07. The minimum absolute atomic E-state index is 0.743. The lowest BCUT2D eigenvalue weighted by atomic mass is 10.1. The highest BCUT2D eigenvalue weighted by Gasteiger charge is 2.01. The highest BCUT2D eigenvalue weighted by atomic mass is 79.9. The number of halogens is 1. The summed E-state index contributed by atoms with van der Waals surface area (Å²) in [4.78, 5) is 0. The van der Waals surface area contributed by atoms with Crippen molar-refractivity contribution in [2.75, 3.05) is 5.33 Å². The molecule has 0 aliphatic heterocycles. The summed E-state index contributed by atoms with van der Waals surface area (Å²) in [5, 5.41) is 5.40. The predicted octanol–water partition coefficient (Wildman–Crippen LogP) is 2.38. The monoisotopic (exact) mass is 230 g/mol. The van der Waals surface area contributed by atoms with Gasteiger partial charge in [-0.3, -0.25) is 4.68 Å². The molecule has 12 heavy (non-hydrogen) atoms. The molecule has 0 bridgehead atoms. The van der Waals surface area contributed by atoms with Crippen molar-refractivity contribution in [2.24, 2.45) is 13.0 Å². The number of nitrogens with zero attached hydrogens (tertiary/aromatic N) is 2. The van der Waals surface area contributed by atoms with Crippen LogP contribution in [0.1, 0.15) is 19.0 Å². The van der Waals surface area contributed by atoms with Crippen molar-refractivity contribution in [1.82, 2.24) is 9.78 Å². The van der Waals surface area contributed by atoms with E-state index in [4.69, 9.17) is 0 Å². The van der Waals surface area contributed by atoms with E-state index >= 15 is 0 Å². The molecule has 1 rings (SSSR count). The van der Waals surface area contributed by atoms with Crippen molar-refractivity contribution in [3.05, 3.63) is 18.0 Å². The molecule has 0 aliphatic rings. The van der Waals surface area contributed by atoms with Gasteiger partial charge in [0.15, 0.2) is 0 Å². The van der Waals surface area contributed by atoms with Crippen LogP contribution in [0.4, 0.5) is 0 Å². The zero-order valence-electron chi connectivity index (χ0n) is 7.63. The van der Waals surface area contributed by atoms with Crippen molar-refractivity contribution < 1.29 is 0 Å². The van der Waals surface area contributed by atoms with E-state index in [-0.39, 0.29) is 0 Å². The van der Waals surface area contributed by atoms with Crippen molar-refractivity contribution in [1.29, 1.82) is 0 Å². The SMILES string of the molecule is CC(CBr)CCc1ccn(C)n1. The van der Waals surface area contributed by atoms with Gasteiger partial charge in [-0.25, -0.2) is 0 Å². The van der Waals surface area contributed by atoms with Gasteiger partial charge in [0.1, 0.15) is 0 Å².